The summed E-state index contributed by atoms with van der Waals surface area (Å²) < 4.78 is 5.28. The molecule has 0 atom stereocenters. The van der Waals surface area contributed by atoms with E-state index in [9.17, 15) is 0 Å². The number of guanidine groups is 1. The van der Waals surface area contributed by atoms with Crippen molar-refractivity contribution in [2.24, 2.45) is 4.99 Å². The Hall–Kier alpha value is -1.62. The Bertz CT molecular complexity index is 635. The van der Waals surface area contributed by atoms with Gasteiger partial charge in [0.1, 0.15) is 5.82 Å². The predicted octanol–water partition coefficient (Wildman–Crippen LogP) is 1.83. The van der Waals surface area contributed by atoms with E-state index < -0.39 is 0 Å². The molecule has 0 amide bonds. The molecule has 0 spiro atoms. The van der Waals surface area contributed by atoms with Crippen molar-refractivity contribution in [2.75, 3.05) is 33.2 Å². The lowest BCUT2D eigenvalue weighted by molar-refractivity contribution is 0.232. The van der Waals surface area contributed by atoms with Gasteiger partial charge < -0.3 is 20.0 Å². The topological polar surface area (TPSA) is 94.4 Å². The molecular weight excluding hydrogens is 433 g/mol. The van der Waals surface area contributed by atoms with E-state index >= 15 is 0 Å². The van der Waals surface area contributed by atoms with Crippen LogP contribution >= 0.6 is 24.0 Å². The van der Waals surface area contributed by atoms with Crippen LogP contribution in [0.4, 0.5) is 0 Å². The minimum absolute atomic E-state index is 0. The smallest absolute Gasteiger partial charge is 0.216 e. The molecule has 1 saturated heterocycles. The highest BCUT2D eigenvalue weighted by Crippen LogP contribution is 2.14. The van der Waals surface area contributed by atoms with E-state index in [0.717, 1.165) is 24.9 Å². The van der Waals surface area contributed by atoms with Crippen molar-refractivity contribution in [2.45, 2.75) is 25.8 Å². The van der Waals surface area contributed by atoms with Crippen LogP contribution in [-0.2, 0) is 6.54 Å². The van der Waals surface area contributed by atoms with Gasteiger partial charge in [0, 0.05) is 20.1 Å². The molecule has 25 heavy (non-hydrogen) atoms. The van der Waals surface area contributed by atoms with Gasteiger partial charge in [-0.3, -0.25) is 10.1 Å². The van der Waals surface area contributed by atoms with E-state index in [-0.39, 0.29) is 24.0 Å². The van der Waals surface area contributed by atoms with Gasteiger partial charge in [0.25, 0.3) is 0 Å². The zero-order valence-corrected chi connectivity index (χ0v) is 16.8. The molecule has 3 N–H and O–H groups in total. The van der Waals surface area contributed by atoms with Crippen molar-refractivity contribution in [3.8, 4) is 11.6 Å². The molecule has 3 rings (SSSR count). The summed E-state index contributed by atoms with van der Waals surface area (Å²) in [7, 11) is 1.77. The van der Waals surface area contributed by atoms with Gasteiger partial charge in [-0.25, -0.2) is 4.98 Å². The number of furan rings is 1. The summed E-state index contributed by atoms with van der Waals surface area (Å²) in [6.07, 6.45) is 5.61. The maximum Gasteiger partial charge on any atom is 0.216 e. The van der Waals surface area contributed by atoms with Crippen LogP contribution in [0, 0.1) is 0 Å². The zero-order chi connectivity index (χ0) is 16.6. The van der Waals surface area contributed by atoms with Gasteiger partial charge in [0.2, 0.25) is 5.82 Å². The number of rotatable bonds is 6. The van der Waals surface area contributed by atoms with Crippen molar-refractivity contribution in [3.63, 3.8) is 0 Å². The molecule has 1 fully saturated rings. The van der Waals surface area contributed by atoms with E-state index in [4.69, 9.17) is 4.42 Å². The Labute approximate surface area is 164 Å². The number of halogens is 1. The molecule has 0 saturated carbocycles. The summed E-state index contributed by atoms with van der Waals surface area (Å²) in [6.45, 7) is 4.87. The SMILES string of the molecule is CN=C(NCCN1CCCCC1)NCc1nc(-c2ccco2)n[nH]1.I. The molecule has 0 radical (unpaired) electrons. The summed E-state index contributed by atoms with van der Waals surface area (Å²) >= 11 is 0. The molecule has 2 aromatic rings. The maximum atomic E-state index is 5.28. The number of aromatic amines is 1. The van der Waals surface area contributed by atoms with Crippen molar-refractivity contribution in [1.29, 1.82) is 0 Å². The zero-order valence-electron chi connectivity index (χ0n) is 14.5. The number of piperidine rings is 1. The summed E-state index contributed by atoms with van der Waals surface area (Å²) in [4.78, 5) is 11.1. The van der Waals surface area contributed by atoms with Gasteiger partial charge in [-0.15, -0.1) is 29.1 Å². The normalized spacial score (nSPS) is 15.6. The van der Waals surface area contributed by atoms with E-state index in [0.29, 0.717) is 18.1 Å². The lowest BCUT2D eigenvalue weighted by Crippen LogP contribution is -2.42. The van der Waals surface area contributed by atoms with Crippen molar-refractivity contribution in [3.05, 3.63) is 24.2 Å². The van der Waals surface area contributed by atoms with Gasteiger partial charge >= 0.3 is 0 Å². The van der Waals surface area contributed by atoms with Crippen LogP contribution in [0.1, 0.15) is 25.1 Å². The second kappa shape index (κ2) is 10.4. The molecule has 0 aliphatic carbocycles. The van der Waals surface area contributed by atoms with Crippen LogP contribution in [0.5, 0.6) is 0 Å². The number of nitrogens with zero attached hydrogens (tertiary/aromatic N) is 4. The maximum absolute atomic E-state index is 5.28. The van der Waals surface area contributed by atoms with Crippen LogP contribution in [0.3, 0.4) is 0 Å². The first kappa shape index (κ1) is 19.7. The average molecular weight is 459 g/mol. The Morgan fingerprint density at radius 2 is 2.16 bits per heavy atom. The van der Waals surface area contributed by atoms with E-state index in [1.165, 1.54) is 32.4 Å². The predicted molar refractivity (Wildman–Crippen MR) is 108 cm³/mol. The summed E-state index contributed by atoms with van der Waals surface area (Å²) in [5.74, 6) is 2.72. The summed E-state index contributed by atoms with van der Waals surface area (Å²) in [6, 6.07) is 3.65. The molecule has 2 aromatic heterocycles. The first-order valence-electron chi connectivity index (χ1n) is 8.47. The lowest BCUT2D eigenvalue weighted by atomic mass is 10.1. The third-order valence-electron chi connectivity index (χ3n) is 4.09. The monoisotopic (exact) mass is 459 g/mol. The minimum Gasteiger partial charge on any atom is -0.461 e. The third-order valence-corrected chi connectivity index (χ3v) is 4.09. The number of aromatic nitrogens is 3. The molecule has 1 aliphatic heterocycles. The molecule has 0 bridgehead atoms. The Balaban J connectivity index is 0.00000225. The quantitative estimate of drug-likeness (QED) is 0.347. The number of hydrogen-bond acceptors (Lipinski definition) is 5. The highest BCUT2D eigenvalue weighted by molar-refractivity contribution is 14.0. The second-order valence-corrected chi connectivity index (χ2v) is 5.84. The fourth-order valence-corrected chi connectivity index (χ4v) is 2.79. The van der Waals surface area contributed by atoms with Gasteiger partial charge in [-0.2, -0.15) is 0 Å². The molecule has 138 valence electrons. The van der Waals surface area contributed by atoms with Crippen LogP contribution in [0.15, 0.2) is 27.8 Å². The van der Waals surface area contributed by atoms with Crippen LogP contribution in [-0.4, -0.2) is 59.3 Å². The largest absolute Gasteiger partial charge is 0.461 e. The highest BCUT2D eigenvalue weighted by Gasteiger charge is 2.10. The van der Waals surface area contributed by atoms with Crippen LogP contribution < -0.4 is 10.6 Å². The van der Waals surface area contributed by atoms with E-state index in [1.54, 1.807) is 13.3 Å². The third kappa shape index (κ3) is 5.99. The number of nitrogens with one attached hydrogen (secondary N) is 3. The van der Waals surface area contributed by atoms with Gasteiger partial charge in [-0.05, 0) is 38.1 Å². The average Bonchev–Trinajstić information content (AvgIpc) is 3.30. The highest BCUT2D eigenvalue weighted by atomic mass is 127. The molecule has 0 aromatic carbocycles. The van der Waals surface area contributed by atoms with Crippen molar-refractivity contribution in [1.82, 2.24) is 30.7 Å². The Morgan fingerprint density at radius 1 is 1.32 bits per heavy atom. The van der Waals surface area contributed by atoms with Gasteiger partial charge in [0.15, 0.2) is 11.7 Å². The van der Waals surface area contributed by atoms with Crippen LogP contribution in [0.2, 0.25) is 0 Å². The molecule has 8 nitrogen and oxygen atoms in total. The summed E-state index contributed by atoms with van der Waals surface area (Å²) in [5.41, 5.74) is 0. The Morgan fingerprint density at radius 3 is 2.88 bits per heavy atom. The fraction of sp³-hybridized carbons (Fsp3) is 0.562. The van der Waals surface area contributed by atoms with E-state index in [2.05, 4.69) is 35.7 Å². The molecular formula is C16H26IN7O. The van der Waals surface area contributed by atoms with Crippen LogP contribution in [0.25, 0.3) is 11.6 Å². The molecule has 9 heteroatoms. The Kier molecular flexibility index (Phi) is 8.19. The number of hydrogen-bond donors (Lipinski definition) is 3. The molecule has 1 aliphatic rings. The van der Waals surface area contributed by atoms with Gasteiger partial charge in [-0.1, -0.05) is 6.42 Å². The van der Waals surface area contributed by atoms with Crippen molar-refractivity contribution < 1.29 is 4.42 Å². The summed E-state index contributed by atoms with van der Waals surface area (Å²) in [5, 5.41) is 13.6. The fourth-order valence-electron chi connectivity index (χ4n) is 2.79. The van der Waals surface area contributed by atoms with Gasteiger partial charge in [0.05, 0.1) is 12.8 Å². The van der Waals surface area contributed by atoms with E-state index in [1.807, 2.05) is 12.1 Å². The second-order valence-electron chi connectivity index (χ2n) is 5.84. The first-order chi connectivity index (χ1) is 11.8. The minimum atomic E-state index is 0. The molecule has 3 heterocycles. The first-order valence-corrected chi connectivity index (χ1v) is 8.47. The molecule has 0 unspecified atom stereocenters. The number of aliphatic imine (C=N–C) groups is 1. The standard InChI is InChI=1S/C16H25N7O.HI/c1-17-16(18-7-10-23-8-3-2-4-9-23)19-12-14-20-15(22-21-14)13-6-5-11-24-13;/h5-6,11H,2-4,7-10,12H2,1H3,(H2,17,18,19)(H,20,21,22);1H. The lowest BCUT2D eigenvalue weighted by Gasteiger charge is -2.26. The number of likely N-dealkylation sites (tertiary alicyclic amines) is 1. The number of H-pyrrole nitrogens is 1. The van der Waals surface area contributed by atoms with Crippen molar-refractivity contribution >= 4 is 29.9 Å².